The van der Waals surface area contributed by atoms with Crippen LogP contribution < -0.4 is 4.74 Å². The minimum atomic E-state index is 0.728. The molecule has 0 spiro atoms. The van der Waals surface area contributed by atoms with Crippen molar-refractivity contribution in [2.24, 2.45) is 0 Å². The Labute approximate surface area is 200 Å². The molecule has 0 radical (unpaired) electrons. The van der Waals surface area contributed by atoms with Gasteiger partial charge in [0.25, 0.3) is 0 Å². The number of likely N-dealkylation sites (tertiary alicyclic amines) is 1. The van der Waals surface area contributed by atoms with Crippen LogP contribution in [0.2, 0.25) is 5.02 Å². The monoisotopic (exact) mass is 452 g/mol. The lowest BCUT2D eigenvalue weighted by molar-refractivity contribution is 0.238. The van der Waals surface area contributed by atoms with Crippen molar-refractivity contribution < 1.29 is 4.74 Å². The van der Waals surface area contributed by atoms with Gasteiger partial charge in [0, 0.05) is 22.5 Å². The van der Waals surface area contributed by atoms with Crippen LogP contribution in [-0.4, -0.2) is 36.1 Å². The topological polar surface area (TPSA) is 25.4 Å². The molecule has 3 nitrogen and oxygen atoms in total. The van der Waals surface area contributed by atoms with Gasteiger partial charge in [-0.2, -0.15) is 0 Å². The quantitative estimate of drug-likeness (QED) is 0.326. The van der Waals surface area contributed by atoms with Gasteiger partial charge in [0.15, 0.2) is 0 Å². The van der Waals surface area contributed by atoms with Crippen molar-refractivity contribution in [3.8, 4) is 28.7 Å². The largest absolute Gasteiger partial charge is 0.492 e. The molecule has 164 valence electrons. The highest BCUT2D eigenvalue weighted by Crippen LogP contribution is 2.25. The van der Waals surface area contributed by atoms with Gasteiger partial charge in [-0.25, -0.2) is 4.98 Å². The zero-order valence-corrected chi connectivity index (χ0v) is 19.2. The third-order valence-electron chi connectivity index (χ3n) is 5.93. The Bertz CT molecular complexity index is 1300. The fourth-order valence-electron chi connectivity index (χ4n) is 4.09. The summed E-state index contributed by atoms with van der Waals surface area (Å²) < 4.78 is 5.87. The van der Waals surface area contributed by atoms with Crippen molar-refractivity contribution in [2.75, 3.05) is 26.2 Å². The van der Waals surface area contributed by atoms with Gasteiger partial charge < -0.3 is 4.74 Å². The lowest BCUT2D eigenvalue weighted by Crippen LogP contribution is -2.25. The van der Waals surface area contributed by atoms with E-state index >= 15 is 0 Å². The second kappa shape index (κ2) is 10.1. The molecule has 2 heterocycles. The molecule has 3 aromatic carbocycles. The number of pyridine rings is 1. The molecular weight excluding hydrogens is 428 g/mol. The predicted octanol–water partition coefficient (Wildman–Crippen LogP) is 6.43. The van der Waals surface area contributed by atoms with E-state index in [1.54, 1.807) is 0 Å². The summed E-state index contributed by atoms with van der Waals surface area (Å²) in [4.78, 5) is 7.16. The predicted molar refractivity (Wildman–Crippen MR) is 136 cm³/mol. The molecule has 4 heteroatoms. The summed E-state index contributed by atoms with van der Waals surface area (Å²) >= 11 is 6.00. The minimum absolute atomic E-state index is 0.728. The SMILES string of the molecule is Clc1ccc(-c2ccc3nc(C#Cc4ccc(OCCN5CCCC5)cc4)ccc3c2)cc1. The third kappa shape index (κ3) is 5.54. The Morgan fingerprint density at radius 3 is 2.36 bits per heavy atom. The summed E-state index contributed by atoms with van der Waals surface area (Å²) in [5.41, 5.74) is 4.91. The lowest BCUT2D eigenvalue weighted by Gasteiger charge is -2.14. The Morgan fingerprint density at radius 1 is 0.818 bits per heavy atom. The van der Waals surface area contributed by atoms with E-state index in [2.05, 4.69) is 34.9 Å². The van der Waals surface area contributed by atoms with Crippen LogP contribution in [0.15, 0.2) is 78.9 Å². The average molecular weight is 453 g/mol. The van der Waals surface area contributed by atoms with Crippen molar-refractivity contribution in [1.29, 1.82) is 0 Å². The highest BCUT2D eigenvalue weighted by atomic mass is 35.5. The smallest absolute Gasteiger partial charge is 0.119 e. The molecule has 4 aromatic rings. The number of ether oxygens (including phenoxy) is 1. The van der Waals surface area contributed by atoms with Crippen LogP contribution in [0.25, 0.3) is 22.0 Å². The van der Waals surface area contributed by atoms with Crippen LogP contribution in [-0.2, 0) is 0 Å². The summed E-state index contributed by atoms with van der Waals surface area (Å²) in [6, 6.07) is 26.1. The highest BCUT2D eigenvalue weighted by Gasteiger charge is 2.10. The number of hydrogen-bond acceptors (Lipinski definition) is 3. The number of benzene rings is 3. The fourth-order valence-corrected chi connectivity index (χ4v) is 4.21. The van der Waals surface area contributed by atoms with Gasteiger partial charge in [-0.3, -0.25) is 4.90 Å². The first-order valence-corrected chi connectivity index (χ1v) is 11.7. The maximum atomic E-state index is 6.00. The second-order valence-electron chi connectivity index (χ2n) is 8.28. The van der Waals surface area contributed by atoms with E-state index in [-0.39, 0.29) is 0 Å². The summed E-state index contributed by atoms with van der Waals surface area (Å²) in [6.45, 7) is 4.12. The fraction of sp³-hybridized carbons (Fsp3) is 0.207. The second-order valence-corrected chi connectivity index (χ2v) is 8.72. The molecular formula is C29H25ClN2O. The summed E-state index contributed by atoms with van der Waals surface area (Å²) in [7, 11) is 0. The van der Waals surface area contributed by atoms with Crippen LogP contribution in [0.4, 0.5) is 0 Å². The average Bonchev–Trinajstić information content (AvgIpc) is 3.37. The minimum Gasteiger partial charge on any atom is -0.492 e. The van der Waals surface area contributed by atoms with E-state index in [9.17, 15) is 0 Å². The van der Waals surface area contributed by atoms with E-state index in [0.717, 1.165) is 57.2 Å². The molecule has 1 saturated heterocycles. The normalized spacial score (nSPS) is 13.6. The van der Waals surface area contributed by atoms with E-state index in [1.165, 1.54) is 25.9 Å². The number of halogens is 1. The van der Waals surface area contributed by atoms with Gasteiger partial charge in [-0.1, -0.05) is 35.7 Å². The van der Waals surface area contributed by atoms with Crippen molar-refractivity contribution in [2.45, 2.75) is 12.8 Å². The van der Waals surface area contributed by atoms with Crippen LogP contribution >= 0.6 is 11.6 Å². The van der Waals surface area contributed by atoms with Gasteiger partial charge in [-0.15, -0.1) is 0 Å². The van der Waals surface area contributed by atoms with Crippen molar-refractivity contribution in [1.82, 2.24) is 9.88 Å². The Morgan fingerprint density at radius 2 is 1.58 bits per heavy atom. The van der Waals surface area contributed by atoms with Crippen LogP contribution in [0.1, 0.15) is 24.1 Å². The molecule has 1 fully saturated rings. The molecule has 0 bridgehead atoms. The molecule has 33 heavy (non-hydrogen) atoms. The number of rotatable bonds is 5. The Kier molecular flexibility index (Phi) is 6.58. The molecule has 1 aliphatic rings. The molecule has 0 aliphatic carbocycles. The molecule has 0 unspecified atom stereocenters. The molecule has 0 saturated carbocycles. The molecule has 0 N–H and O–H groups in total. The highest BCUT2D eigenvalue weighted by molar-refractivity contribution is 6.30. The molecule has 0 amide bonds. The summed E-state index contributed by atoms with van der Waals surface area (Å²) in [6.07, 6.45) is 2.62. The third-order valence-corrected chi connectivity index (χ3v) is 6.18. The molecule has 0 atom stereocenters. The van der Waals surface area contributed by atoms with Gasteiger partial charge in [0.1, 0.15) is 18.1 Å². The van der Waals surface area contributed by atoms with Gasteiger partial charge in [0.05, 0.1) is 5.52 Å². The maximum absolute atomic E-state index is 6.00. The lowest BCUT2D eigenvalue weighted by atomic mass is 10.0. The van der Waals surface area contributed by atoms with Gasteiger partial charge >= 0.3 is 0 Å². The number of nitrogens with zero attached hydrogens (tertiary/aromatic N) is 2. The zero-order chi connectivity index (χ0) is 22.5. The van der Waals surface area contributed by atoms with E-state index in [0.29, 0.717) is 0 Å². The van der Waals surface area contributed by atoms with Crippen LogP contribution in [0.3, 0.4) is 0 Å². The molecule has 1 aliphatic heterocycles. The van der Waals surface area contributed by atoms with E-state index < -0.39 is 0 Å². The van der Waals surface area contributed by atoms with Crippen LogP contribution in [0, 0.1) is 11.8 Å². The van der Waals surface area contributed by atoms with E-state index in [4.69, 9.17) is 21.3 Å². The standard InChI is InChI=1S/C29H25ClN2O/c30-26-10-6-23(7-11-26)24-9-16-29-25(21-24)8-13-27(31-29)12-3-22-4-14-28(15-5-22)33-20-19-32-17-1-2-18-32/h4-11,13-16,21H,1-2,17-20H2. The maximum Gasteiger partial charge on any atom is 0.119 e. The molecule has 1 aromatic heterocycles. The van der Waals surface area contributed by atoms with Crippen LogP contribution in [0.5, 0.6) is 5.75 Å². The zero-order valence-electron chi connectivity index (χ0n) is 18.4. The summed E-state index contributed by atoms with van der Waals surface area (Å²) in [5, 5.41) is 1.83. The molecule has 5 rings (SSSR count). The first-order chi connectivity index (χ1) is 16.2. The van der Waals surface area contributed by atoms with Gasteiger partial charge in [0.2, 0.25) is 0 Å². The van der Waals surface area contributed by atoms with Crippen molar-refractivity contribution in [3.63, 3.8) is 0 Å². The number of fused-ring (bicyclic) bond motifs is 1. The number of hydrogen-bond donors (Lipinski definition) is 0. The van der Waals surface area contributed by atoms with Crippen molar-refractivity contribution in [3.05, 3.63) is 95.1 Å². The Hall–Kier alpha value is -3.32. The first-order valence-electron chi connectivity index (χ1n) is 11.4. The number of aromatic nitrogens is 1. The first kappa shape index (κ1) is 21.5. The van der Waals surface area contributed by atoms with Gasteiger partial charge in [-0.05, 0) is 104 Å². The summed E-state index contributed by atoms with van der Waals surface area (Å²) in [5.74, 6) is 7.28. The van der Waals surface area contributed by atoms with E-state index in [1.807, 2.05) is 60.7 Å². The van der Waals surface area contributed by atoms with Crippen molar-refractivity contribution >= 4 is 22.5 Å². The Balaban J connectivity index is 1.24.